The van der Waals surface area contributed by atoms with Crippen LogP contribution in [0, 0.1) is 6.92 Å². The summed E-state index contributed by atoms with van der Waals surface area (Å²) in [7, 11) is 0. The molecule has 0 saturated carbocycles. The molecule has 0 bridgehead atoms. The van der Waals surface area contributed by atoms with Gasteiger partial charge in [0.25, 0.3) is 0 Å². The van der Waals surface area contributed by atoms with E-state index in [1.54, 1.807) is 6.20 Å². The number of pyridine rings is 1. The minimum atomic E-state index is 0.297. The molecule has 5 heteroatoms. The molecule has 2 N–H and O–H groups in total. The first-order valence-corrected chi connectivity index (χ1v) is 8.55. The van der Waals surface area contributed by atoms with E-state index in [1.165, 1.54) is 0 Å². The van der Waals surface area contributed by atoms with Crippen molar-refractivity contribution in [2.45, 2.75) is 33.2 Å². The number of hydrogen-bond donors (Lipinski definition) is 2. The molecule has 1 atom stereocenters. The Hall–Kier alpha value is -2.95. The summed E-state index contributed by atoms with van der Waals surface area (Å²) in [5.74, 6) is 1.35. The van der Waals surface area contributed by atoms with Crippen LogP contribution in [-0.4, -0.2) is 21.0 Å². The molecule has 0 aliphatic rings. The first kappa shape index (κ1) is 16.9. The van der Waals surface area contributed by atoms with Gasteiger partial charge in [-0.2, -0.15) is 4.98 Å². The lowest BCUT2D eigenvalue weighted by Crippen LogP contribution is -2.16. The Morgan fingerprint density at radius 2 is 1.80 bits per heavy atom. The minimum Gasteiger partial charge on any atom is -0.352 e. The number of para-hydroxylation sites is 1. The van der Waals surface area contributed by atoms with Gasteiger partial charge in [0, 0.05) is 24.0 Å². The van der Waals surface area contributed by atoms with Gasteiger partial charge in [-0.15, -0.1) is 0 Å². The van der Waals surface area contributed by atoms with Gasteiger partial charge in [-0.3, -0.25) is 4.98 Å². The second-order valence-corrected chi connectivity index (χ2v) is 6.07. The van der Waals surface area contributed by atoms with E-state index < -0.39 is 0 Å². The molecular weight excluding hydrogens is 310 g/mol. The van der Waals surface area contributed by atoms with E-state index in [4.69, 9.17) is 0 Å². The Balaban J connectivity index is 1.99. The zero-order valence-corrected chi connectivity index (χ0v) is 14.8. The van der Waals surface area contributed by atoms with Crippen molar-refractivity contribution in [1.29, 1.82) is 0 Å². The fraction of sp³-hybridized carbons (Fsp3) is 0.250. The number of aromatic nitrogens is 3. The Labute approximate surface area is 148 Å². The molecule has 0 fully saturated rings. The first-order valence-electron chi connectivity index (χ1n) is 8.55. The number of anilines is 3. The normalized spacial score (nSPS) is 11.8. The molecule has 5 nitrogen and oxygen atoms in total. The lowest BCUT2D eigenvalue weighted by molar-refractivity contribution is 0.753. The van der Waals surface area contributed by atoms with Crippen LogP contribution in [0.25, 0.3) is 11.4 Å². The van der Waals surface area contributed by atoms with Crippen molar-refractivity contribution in [2.75, 3.05) is 10.6 Å². The quantitative estimate of drug-likeness (QED) is 0.678. The van der Waals surface area contributed by atoms with Crippen LogP contribution in [0.1, 0.15) is 25.8 Å². The van der Waals surface area contributed by atoms with Gasteiger partial charge in [-0.1, -0.05) is 31.2 Å². The van der Waals surface area contributed by atoms with E-state index in [1.807, 2.05) is 42.5 Å². The lowest BCUT2D eigenvalue weighted by Gasteiger charge is -2.15. The second-order valence-electron chi connectivity index (χ2n) is 6.07. The molecule has 0 unspecified atom stereocenters. The highest BCUT2D eigenvalue weighted by Crippen LogP contribution is 2.24. The minimum absolute atomic E-state index is 0.297. The van der Waals surface area contributed by atoms with Crippen LogP contribution in [0.3, 0.4) is 0 Å². The van der Waals surface area contributed by atoms with Gasteiger partial charge in [0.2, 0.25) is 5.95 Å². The smallest absolute Gasteiger partial charge is 0.225 e. The van der Waals surface area contributed by atoms with Crippen LogP contribution in [0.15, 0.2) is 54.7 Å². The van der Waals surface area contributed by atoms with E-state index in [2.05, 4.69) is 52.4 Å². The molecule has 2 aromatic heterocycles. The standard InChI is InChI=1S/C20H23N5/c1-4-15(3)22-20-24-18(17-11-7-8-12-21-17)13-19(25-20)23-16-10-6-5-9-14(16)2/h5-13,15H,4H2,1-3H3,(H2,22,23,24,25)/t15-/m0/s1. The van der Waals surface area contributed by atoms with Crippen LogP contribution in [0.2, 0.25) is 0 Å². The maximum Gasteiger partial charge on any atom is 0.225 e. The predicted octanol–water partition coefficient (Wildman–Crippen LogP) is 4.80. The summed E-state index contributed by atoms with van der Waals surface area (Å²) in [4.78, 5) is 13.7. The van der Waals surface area contributed by atoms with E-state index in [9.17, 15) is 0 Å². The zero-order chi connectivity index (χ0) is 17.6. The summed E-state index contributed by atoms with van der Waals surface area (Å²) >= 11 is 0. The topological polar surface area (TPSA) is 62.7 Å². The number of hydrogen-bond acceptors (Lipinski definition) is 5. The second kappa shape index (κ2) is 7.75. The van der Waals surface area contributed by atoms with Gasteiger partial charge in [-0.05, 0) is 44.0 Å². The summed E-state index contributed by atoms with van der Waals surface area (Å²) in [6, 6.07) is 16.2. The summed E-state index contributed by atoms with van der Waals surface area (Å²) in [6.45, 7) is 6.32. The molecular formula is C20H23N5. The average molecular weight is 333 g/mol. The highest BCUT2D eigenvalue weighted by molar-refractivity contribution is 5.66. The number of nitrogens with one attached hydrogen (secondary N) is 2. The Morgan fingerprint density at radius 3 is 2.52 bits per heavy atom. The largest absolute Gasteiger partial charge is 0.352 e. The summed E-state index contributed by atoms with van der Waals surface area (Å²) < 4.78 is 0. The number of aryl methyl sites for hydroxylation is 1. The molecule has 2 heterocycles. The average Bonchev–Trinajstić information content (AvgIpc) is 2.64. The number of benzene rings is 1. The van der Waals surface area contributed by atoms with E-state index in [0.29, 0.717) is 12.0 Å². The third-order valence-electron chi connectivity index (χ3n) is 4.05. The number of nitrogens with zero attached hydrogens (tertiary/aromatic N) is 3. The van der Waals surface area contributed by atoms with E-state index in [-0.39, 0.29) is 0 Å². The summed E-state index contributed by atoms with van der Waals surface area (Å²) in [6.07, 6.45) is 2.77. The molecule has 0 aliphatic heterocycles. The molecule has 0 amide bonds. The van der Waals surface area contributed by atoms with Gasteiger partial charge in [0.1, 0.15) is 5.82 Å². The molecule has 0 aliphatic carbocycles. The Morgan fingerprint density at radius 1 is 1.00 bits per heavy atom. The van der Waals surface area contributed by atoms with Crippen LogP contribution < -0.4 is 10.6 Å². The lowest BCUT2D eigenvalue weighted by atomic mass is 10.2. The van der Waals surface area contributed by atoms with Crippen LogP contribution in [-0.2, 0) is 0 Å². The maximum atomic E-state index is 4.63. The fourth-order valence-corrected chi connectivity index (χ4v) is 2.39. The summed E-state index contributed by atoms with van der Waals surface area (Å²) in [5.41, 5.74) is 3.81. The molecule has 128 valence electrons. The van der Waals surface area contributed by atoms with Crippen molar-refractivity contribution >= 4 is 17.5 Å². The maximum absolute atomic E-state index is 4.63. The van der Waals surface area contributed by atoms with Gasteiger partial charge in [-0.25, -0.2) is 4.98 Å². The molecule has 3 rings (SSSR count). The SMILES string of the molecule is CC[C@H](C)Nc1nc(Nc2ccccc2C)cc(-c2ccccn2)n1. The van der Waals surface area contributed by atoms with Gasteiger partial charge in [0.05, 0.1) is 11.4 Å². The van der Waals surface area contributed by atoms with Crippen LogP contribution >= 0.6 is 0 Å². The highest BCUT2D eigenvalue weighted by Gasteiger charge is 2.10. The first-order chi connectivity index (χ1) is 12.2. The Bertz CT molecular complexity index is 832. The third kappa shape index (κ3) is 4.32. The molecule has 0 radical (unpaired) electrons. The van der Waals surface area contributed by atoms with Crippen molar-refractivity contribution in [3.8, 4) is 11.4 Å². The van der Waals surface area contributed by atoms with Crippen molar-refractivity contribution in [3.63, 3.8) is 0 Å². The van der Waals surface area contributed by atoms with Crippen molar-refractivity contribution in [1.82, 2.24) is 15.0 Å². The van der Waals surface area contributed by atoms with Crippen molar-refractivity contribution in [2.24, 2.45) is 0 Å². The predicted molar refractivity (Wildman–Crippen MR) is 103 cm³/mol. The van der Waals surface area contributed by atoms with Crippen LogP contribution in [0.5, 0.6) is 0 Å². The van der Waals surface area contributed by atoms with Crippen LogP contribution in [0.4, 0.5) is 17.5 Å². The van der Waals surface area contributed by atoms with Gasteiger partial charge >= 0.3 is 0 Å². The van der Waals surface area contributed by atoms with Gasteiger partial charge in [0.15, 0.2) is 0 Å². The van der Waals surface area contributed by atoms with E-state index >= 15 is 0 Å². The molecule has 1 aromatic carbocycles. The molecule has 25 heavy (non-hydrogen) atoms. The van der Waals surface area contributed by atoms with Gasteiger partial charge < -0.3 is 10.6 Å². The van der Waals surface area contributed by atoms with E-state index in [0.717, 1.165) is 34.9 Å². The van der Waals surface area contributed by atoms with Crippen molar-refractivity contribution < 1.29 is 0 Å². The number of rotatable bonds is 6. The monoisotopic (exact) mass is 333 g/mol. The molecule has 0 saturated heterocycles. The third-order valence-corrected chi connectivity index (χ3v) is 4.05. The molecule has 3 aromatic rings. The summed E-state index contributed by atoms with van der Waals surface area (Å²) in [5, 5.41) is 6.75. The fourth-order valence-electron chi connectivity index (χ4n) is 2.39. The van der Waals surface area contributed by atoms with Crippen molar-refractivity contribution in [3.05, 3.63) is 60.3 Å². The molecule has 0 spiro atoms. The highest BCUT2D eigenvalue weighted by atomic mass is 15.2. The Kier molecular flexibility index (Phi) is 5.23. The zero-order valence-electron chi connectivity index (χ0n) is 14.8.